The van der Waals surface area contributed by atoms with Crippen LogP contribution in [0.25, 0.3) is 21.5 Å². The molecule has 0 bridgehead atoms. The predicted octanol–water partition coefficient (Wildman–Crippen LogP) is 7.35. The predicted molar refractivity (Wildman–Crippen MR) is 97.3 cm³/mol. The Balaban J connectivity index is 2.12. The molecule has 1 aliphatic carbocycles. The van der Waals surface area contributed by atoms with Gasteiger partial charge in [0.2, 0.25) is 0 Å². The fraction of sp³-hybridized carbons (Fsp3) is 0.300. The van der Waals surface area contributed by atoms with Gasteiger partial charge in [-0.1, -0.05) is 66.7 Å². The van der Waals surface area contributed by atoms with Crippen molar-refractivity contribution in [1.82, 2.24) is 0 Å². The van der Waals surface area contributed by atoms with E-state index in [4.69, 9.17) is 23.2 Å². The summed E-state index contributed by atoms with van der Waals surface area (Å²) in [4.78, 5) is 0. The molecule has 3 aromatic carbocycles. The number of fused-ring (bicyclic) bond motifs is 2. The van der Waals surface area contributed by atoms with Gasteiger partial charge in [-0.15, -0.1) is 0 Å². The Hall–Kier alpha value is -1.24. The third-order valence-corrected chi connectivity index (χ3v) is 5.65. The van der Waals surface area contributed by atoms with E-state index in [0.29, 0.717) is 5.92 Å². The van der Waals surface area contributed by atoms with Crippen LogP contribution in [0.2, 0.25) is 10.0 Å². The maximum atomic E-state index is 6.48. The van der Waals surface area contributed by atoms with Crippen LogP contribution in [0.5, 0.6) is 0 Å². The van der Waals surface area contributed by atoms with Gasteiger partial charge in [0, 0.05) is 20.8 Å². The smallest absolute Gasteiger partial charge is 0.0484 e. The molecule has 0 radical (unpaired) electrons. The molecule has 4 rings (SSSR count). The summed E-state index contributed by atoms with van der Waals surface area (Å²) < 4.78 is 0. The number of benzene rings is 3. The minimum Gasteiger partial charge on any atom is -0.0837 e. The van der Waals surface area contributed by atoms with E-state index in [2.05, 4.69) is 30.3 Å². The van der Waals surface area contributed by atoms with Gasteiger partial charge in [0.1, 0.15) is 0 Å². The van der Waals surface area contributed by atoms with Crippen molar-refractivity contribution in [3.8, 4) is 0 Å². The summed E-state index contributed by atoms with van der Waals surface area (Å²) in [6.07, 6.45) is 6.55. The average Bonchev–Trinajstić information content (AvgIpc) is 2.55. The van der Waals surface area contributed by atoms with Crippen molar-refractivity contribution >= 4 is 44.7 Å². The van der Waals surface area contributed by atoms with Crippen molar-refractivity contribution in [1.29, 1.82) is 0 Å². The zero-order valence-corrected chi connectivity index (χ0v) is 13.9. The fourth-order valence-electron chi connectivity index (χ4n) is 3.96. The van der Waals surface area contributed by atoms with Gasteiger partial charge >= 0.3 is 0 Å². The van der Waals surface area contributed by atoms with Crippen LogP contribution < -0.4 is 0 Å². The summed E-state index contributed by atoms with van der Waals surface area (Å²) in [5, 5.41) is 6.49. The summed E-state index contributed by atoms with van der Waals surface area (Å²) in [6.45, 7) is 0. The van der Waals surface area contributed by atoms with Crippen LogP contribution in [0.15, 0.2) is 42.5 Å². The van der Waals surface area contributed by atoms with E-state index in [1.165, 1.54) is 48.4 Å². The van der Waals surface area contributed by atoms with Crippen LogP contribution in [0.4, 0.5) is 0 Å². The van der Waals surface area contributed by atoms with Crippen molar-refractivity contribution in [3.05, 3.63) is 58.1 Å². The van der Waals surface area contributed by atoms with E-state index in [0.717, 1.165) is 20.8 Å². The van der Waals surface area contributed by atoms with Crippen LogP contribution in [0.1, 0.15) is 43.6 Å². The molecule has 0 unspecified atom stereocenters. The Morgan fingerprint density at radius 3 is 1.77 bits per heavy atom. The molecule has 1 fully saturated rings. The van der Waals surface area contributed by atoms with Gasteiger partial charge in [-0.3, -0.25) is 0 Å². The van der Waals surface area contributed by atoms with E-state index in [1.54, 1.807) is 0 Å². The zero-order valence-electron chi connectivity index (χ0n) is 12.4. The van der Waals surface area contributed by atoms with Crippen molar-refractivity contribution in [3.63, 3.8) is 0 Å². The first-order valence-corrected chi connectivity index (χ1v) is 8.80. The average molecular weight is 329 g/mol. The highest BCUT2D eigenvalue weighted by atomic mass is 35.5. The van der Waals surface area contributed by atoms with E-state index in [-0.39, 0.29) is 0 Å². The van der Waals surface area contributed by atoms with E-state index in [9.17, 15) is 0 Å². The van der Waals surface area contributed by atoms with E-state index < -0.39 is 0 Å². The lowest BCUT2D eigenvalue weighted by Gasteiger charge is -2.25. The van der Waals surface area contributed by atoms with Crippen LogP contribution in [0, 0.1) is 0 Å². The Labute approximate surface area is 141 Å². The number of hydrogen-bond donors (Lipinski definition) is 0. The first-order valence-electron chi connectivity index (χ1n) is 8.05. The molecule has 22 heavy (non-hydrogen) atoms. The quantitative estimate of drug-likeness (QED) is 0.409. The summed E-state index contributed by atoms with van der Waals surface area (Å²) in [5.41, 5.74) is 1.46. The van der Waals surface area contributed by atoms with Crippen molar-refractivity contribution in [2.75, 3.05) is 0 Å². The molecule has 0 spiro atoms. The summed E-state index contributed by atoms with van der Waals surface area (Å²) in [6, 6.07) is 14.6. The fourth-order valence-corrected chi connectivity index (χ4v) is 4.42. The maximum Gasteiger partial charge on any atom is 0.0484 e. The second kappa shape index (κ2) is 5.76. The van der Waals surface area contributed by atoms with Gasteiger partial charge in [-0.05, 0) is 53.3 Å². The minimum absolute atomic E-state index is 0.622. The third-order valence-electron chi connectivity index (χ3n) is 4.99. The molecule has 0 amide bonds. The topological polar surface area (TPSA) is 0 Å². The van der Waals surface area contributed by atoms with Gasteiger partial charge in [0.15, 0.2) is 0 Å². The molecule has 0 atom stereocenters. The van der Waals surface area contributed by atoms with Crippen molar-refractivity contribution in [2.24, 2.45) is 0 Å². The molecular formula is C20H18Cl2. The SMILES string of the molecule is Clc1cccc2c(C3CCCCC3)c3cccc(Cl)c3cc12. The highest BCUT2D eigenvalue weighted by Gasteiger charge is 2.21. The number of hydrogen-bond acceptors (Lipinski definition) is 0. The van der Waals surface area contributed by atoms with Crippen LogP contribution in [0.3, 0.4) is 0 Å². The highest BCUT2D eigenvalue weighted by molar-refractivity contribution is 6.38. The van der Waals surface area contributed by atoms with Crippen molar-refractivity contribution in [2.45, 2.75) is 38.0 Å². The van der Waals surface area contributed by atoms with Gasteiger partial charge in [0.05, 0.1) is 0 Å². The first-order chi connectivity index (χ1) is 10.8. The highest BCUT2D eigenvalue weighted by Crippen LogP contribution is 2.43. The molecule has 0 heterocycles. The lowest BCUT2D eigenvalue weighted by Crippen LogP contribution is -2.06. The molecule has 0 saturated heterocycles. The second-order valence-electron chi connectivity index (χ2n) is 6.30. The largest absolute Gasteiger partial charge is 0.0837 e. The van der Waals surface area contributed by atoms with Gasteiger partial charge in [-0.25, -0.2) is 0 Å². The summed E-state index contributed by atoms with van der Waals surface area (Å²) in [7, 11) is 0. The molecule has 0 aromatic heterocycles. The van der Waals surface area contributed by atoms with Crippen LogP contribution >= 0.6 is 23.2 Å². The number of halogens is 2. The molecule has 1 saturated carbocycles. The number of rotatable bonds is 1. The first kappa shape index (κ1) is 14.4. The third kappa shape index (κ3) is 2.30. The van der Waals surface area contributed by atoms with Crippen molar-refractivity contribution < 1.29 is 0 Å². The molecule has 3 aromatic rings. The standard InChI is InChI=1S/C20H18Cl2/c21-18-10-4-8-14-16(18)12-17-15(9-5-11-19(17)22)20(14)13-6-2-1-3-7-13/h4-5,8-13H,1-3,6-7H2. The summed E-state index contributed by atoms with van der Waals surface area (Å²) >= 11 is 13.0. The molecule has 1 aliphatic rings. The molecule has 0 N–H and O–H groups in total. The molecule has 0 aliphatic heterocycles. The Bertz CT molecular complexity index is 785. The normalized spacial score (nSPS) is 16.5. The zero-order chi connectivity index (χ0) is 15.1. The monoisotopic (exact) mass is 328 g/mol. The molecule has 0 nitrogen and oxygen atoms in total. The van der Waals surface area contributed by atoms with E-state index in [1.807, 2.05) is 12.1 Å². The Morgan fingerprint density at radius 2 is 1.23 bits per heavy atom. The van der Waals surface area contributed by atoms with Gasteiger partial charge in [0.25, 0.3) is 0 Å². The Kier molecular flexibility index (Phi) is 3.76. The second-order valence-corrected chi connectivity index (χ2v) is 7.11. The van der Waals surface area contributed by atoms with Crippen LogP contribution in [-0.2, 0) is 0 Å². The maximum absolute atomic E-state index is 6.48. The van der Waals surface area contributed by atoms with E-state index >= 15 is 0 Å². The minimum atomic E-state index is 0.622. The molecule has 2 heteroatoms. The van der Waals surface area contributed by atoms with Gasteiger partial charge in [-0.2, -0.15) is 0 Å². The lowest BCUT2D eigenvalue weighted by molar-refractivity contribution is 0.447. The molecule has 112 valence electrons. The summed E-state index contributed by atoms with van der Waals surface area (Å²) in [5.74, 6) is 0.622. The van der Waals surface area contributed by atoms with Crippen LogP contribution in [-0.4, -0.2) is 0 Å². The Morgan fingerprint density at radius 1 is 0.682 bits per heavy atom. The lowest BCUT2D eigenvalue weighted by atomic mass is 9.80. The molecular weight excluding hydrogens is 311 g/mol. The van der Waals surface area contributed by atoms with Gasteiger partial charge < -0.3 is 0 Å².